The number of hydrogen-bond acceptors (Lipinski definition) is 6. The highest BCUT2D eigenvalue weighted by Gasteiger charge is 2.19. The summed E-state index contributed by atoms with van der Waals surface area (Å²) in [6, 6.07) is 2.13. The van der Waals surface area contributed by atoms with Crippen molar-refractivity contribution in [3.05, 3.63) is 44.1 Å². The van der Waals surface area contributed by atoms with Crippen molar-refractivity contribution in [1.29, 1.82) is 0 Å². The minimum atomic E-state index is -0.699. The van der Waals surface area contributed by atoms with Gasteiger partial charge in [0.2, 0.25) is 0 Å². The van der Waals surface area contributed by atoms with Gasteiger partial charge in [0, 0.05) is 17.1 Å². The molecule has 2 rings (SSSR count). The molecule has 0 saturated carbocycles. The summed E-state index contributed by atoms with van der Waals surface area (Å²) in [4.78, 5) is 15.5. The van der Waals surface area contributed by atoms with Gasteiger partial charge in [-0.05, 0) is 6.42 Å². The van der Waals surface area contributed by atoms with Crippen LogP contribution in [0.3, 0.4) is 0 Å². The summed E-state index contributed by atoms with van der Waals surface area (Å²) >= 11 is 1.54. The van der Waals surface area contributed by atoms with Crippen molar-refractivity contribution in [1.82, 2.24) is 4.98 Å². The molecule has 0 unspecified atom stereocenters. The first-order valence-electron chi connectivity index (χ1n) is 6.24. The van der Waals surface area contributed by atoms with E-state index >= 15 is 0 Å². The molecule has 0 saturated heterocycles. The van der Waals surface area contributed by atoms with Gasteiger partial charge in [0.15, 0.2) is 11.6 Å². The number of hydrogen-bond donors (Lipinski definition) is 1. The molecule has 0 radical (unpaired) electrons. The Kier molecular flexibility index (Phi) is 4.69. The van der Waals surface area contributed by atoms with Gasteiger partial charge in [0.05, 0.1) is 30.3 Å². The van der Waals surface area contributed by atoms with Crippen LogP contribution in [0.1, 0.15) is 16.8 Å². The Balaban J connectivity index is 2.18. The van der Waals surface area contributed by atoms with E-state index in [0.717, 1.165) is 22.4 Å². The molecule has 8 heteroatoms. The number of halogens is 1. The van der Waals surface area contributed by atoms with Crippen LogP contribution < -0.4 is 10.1 Å². The predicted molar refractivity (Wildman–Crippen MR) is 78.4 cm³/mol. The Labute approximate surface area is 124 Å². The third-order valence-corrected chi connectivity index (χ3v) is 3.99. The smallest absolute Gasteiger partial charge is 0.313 e. The number of thiazole rings is 1. The van der Waals surface area contributed by atoms with E-state index in [1.54, 1.807) is 17.5 Å². The number of ether oxygens (including phenoxy) is 1. The van der Waals surface area contributed by atoms with Crippen LogP contribution in [0.5, 0.6) is 5.75 Å². The molecule has 0 bridgehead atoms. The Morgan fingerprint density at radius 3 is 2.86 bits per heavy atom. The molecule has 0 amide bonds. The number of rotatable bonds is 6. The number of methoxy groups -OCH3 is 1. The Morgan fingerprint density at radius 2 is 2.29 bits per heavy atom. The van der Waals surface area contributed by atoms with Gasteiger partial charge in [-0.15, -0.1) is 11.3 Å². The highest BCUT2D eigenvalue weighted by atomic mass is 32.1. The lowest BCUT2D eigenvalue weighted by Gasteiger charge is -2.08. The van der Waals surface area contributed by atoms with E-state index in [0.29, 0.717) is 6.54 Å². The van der Waals surface area contributed by atoms with Crippen molar-refractivity contribution in [2.24, 2.45) is 0 Å². The number of nitro benzene ring substituents is 1. The highest BCUT2D eigenvalue weighted by molar-refractivity contribution is 7.11. The summed E-state index contributed by atoms with van der Waals surface area (Å²) in [7, 11) is 1.30. The van der Waals surface area contributed by atoms with Gasteiger partial charge in [-0.1, -0.05) is 6.92 Å². The standard InChI is InChI=1S/C13H14FN3O3S/c1-3-8-6-16-13(21-8)7-15-10-5-12(20-2)11(17(18)19)4-9(10)14/h4-6,15H,3,7H2,1-2H3. The van der Waals surface area contributed by atoms with Crippen LogP contribution in [0.2, 0.25) is 0 Å². The van der Waals surface area contributed by atoms with E-state index in [1.165, 1.54) is 13.2 Å². The van der Waals surface area contributed by atoms with E-state index in [9.17, 15) is 14.5 Å². The number of aryl methyl sites for hydroxylation is 1. The van der Waals surface area contributed by atoms with E-state index in [1.807, 2.05) is 6.92 Å². The van der Waals surface area contributed by atoms with Crippen molar-refractivity contribution in [2.75, 3.05) is 12.4 Å². The number of anilines is 1. The van der Waals surface area contributed by atoms with Crippen molar-refractivity contribution in [3.8, 4) is 5.75 Å². The summed E-state index contributed by atoms with van der Waals surface area (Å²) in [5, 5.41) is 14.5. The van der Waals surface area contributed by atoms with Gasteiger partial charge in [-0.2, -0.15) is 0 Å². The van der Waals surface area contributed by atoms with Crippen LogP contribution in [0, 0.1) is 15.9 Å². The Morgan fingerprint density at radius 1 is 1.52 bits per heavy atom. The second-order valence-electron chi connectivity index (χ2n) is 4.19. The molecular weight excluding hydrogens is 297 g/mol. The molecule has 21 heavy (non-hydrogen) atoms. The van der Waals surface area contributed by atoms with E-state index in [2.05, 4.69) is 10.3 Å². The summed E-state index contributed by atoms with van der Waals surface area (Å²) in [6.07, 6.45) is 2.69. The maximum atomic E-state index is 13.9. The van der Waals surface area contributed by atoms with E-state index in [4.69, 9.17) is 4.74 Å². The molecule has 1 heterocycles. The highest BCUT2D eigenvalue weighted by Crippen LogP contribution is 2.32. The fourth-order valence-corrected chi connectivity index (χ4v) is 2.55. The second-order valence-corrected chi connectivity index (χ2v) is 5.39. The van der Waals surface area contributed by atoms with Gasteiger partial charge in [-0.3, -0.25) is 10.1 Å². The summed E-state index contributed by atoms with van der Waals surface area (Å²) in [5.74, 6) is -0.688. The lowest BCUT2D eigenvalue weighted by atomic mass is 10.2. The number of nitro groups is 1. The zero-order valence-electron chi connectivity index (χ0n) is 11.6. The quantitative estimate of drug-likeness (QED) is 0.653. The summed E-state index contributed by atoms with van der Waals surface area (Å²) in [5.41, 5.74) is -0.256. The minimum absolute atomic E-state index is 0.0114. The molecule has 0 aliphatic heterocycles. The van der Waals surface area contributed by atoms with Crippen LogP contribution in [-0.4, -0.2) is 17.0 Å². The fourth-order valence-electron chi connectivity index (χ4n) is 1.75. The van der Waals surface area contributed by atoms with Gasteiger partial charge in [0.1, 0.15) is 5.01 Å². The molecule has 2 aromatic rings. The van der Waals surface area contributed by atoms with Gasteiger partial charge >= 0.3 is 5.69 Å². The molecule has 0 aliphatic carbocycles. The second kappa shape index (κ2) is 6.49. The summed E-state index contributed by atoms with van der Waals surface area (Å²) < 4.78 is 18.8. The van der Waals surface area contributed by atoms with Crippen LogP contribution in [0.4, 0.5) is 15.8 Å². The average molecular weight is 311 g/mol. The van der Waals surface area contributed by atoms with Crippen molar-refractivity contribution in [2.45, 2.75) is 19.9 Å². The van der Waals surface area contributed by atoms with Gasteiger partial charge < -0.3 is 10.1 Å². The first-order chi connectivity index (χ1) is 10.0. The Hall–Kier alpha value is -2.22. The van der Waals surface area contributed by atoms with Crippen molar-refractivity contribution < 1.29 is 14.1 Å². The number of benzene rings is 1. The van der Waals surface area contributed by atoms with Crippen LogP contribution in [0.25, 0.3) is 0 Å². The minimum Gasteiger partial charge on any atom is -0.490 e. The van der Waals surface area contributed by atoms with E-state index in [-0.39, 0.29) is 11.4 Å². The van der Waals surface area contributed by atoms with Crippen LogP contribution >= 0.6 is 11.3 Å². The molecule has 1 aromatic heterocycles. The number of nitrogens with zero attached hydrogens (tertiary/aromatic N) is 2. The molecule has 112 valence electrons. The first kappa shape index (κ1) is 15.2. The zero-order chi connectivity index (χ0) is 15.4. The summed E-state index contributed by atoms with van der Waals surface area (Å²) in [6.45, 7) is 2.38. The first-order valence-corrected chi connectivity index (χ1v) is 7.06. The third-order valence-electron chi connectivity index (χ3n) is 2.85. The SMILES string of the molecule is CCc1cnc(CNc2cc(OC)c([N+](=O)[O-])cc2F)s1. The van der Waals surface area contributed by atoms with Gasteiger partial charge in [-0.25, -0.2) is 9.37 Å². The molecule has 0 aliphatic rings. The largest absolute Gasteiger partial charge is 0.490 e. The molecule has 1 N–H and O–H groups in total. The predicted octanol–water partition coefficient (Wildman–Crippen LogP) is 3.37. The lowest BCUT2D eigenvalue weighted by molar-refractivity contribution is -0.385. The maximum Gasteiger partial charge on any atom is 0.313 e. The average Bonchev–Trinajstić information content (AvgIpc) is 2.93. The number of nitrogens with one attached hydrogen (secondary N) is 1. The Bertz CT molecular complexity index is 660. The molecule has 1 aromatic carbocycles. The fraction of sp³-hybridized carbons (Fsp3) is 0.308. The zero-order valence-corrected chi connectivity index (χ0v) is 12.4. The van der Waals surface area contributed by atoms with Crippen molar-refractivity contribution >= 4 is 22.7 Å². The molecular formula is C13H14FN3O3S. The molecule has 0 fully saturated rings. The third kappa shape index (κ3) is 3.46. The molecule has 0 atom stereocenters. The van der Waals surface area contributed by atoms with Crippen molar-refractivity contribution in [3.63, 3.8) is 0 Å². The maximum absolute atomic E-state index is 13.9. The number of aromatic nitrogens is 1. The topological polar surface area (TPSA) is 77.3 Å². The van der Waals surface area contributed by atoms with Crippen LogP contribution in [0.15, 0.2) is 18.3 Å². The van der Waals surface area contributed by atoms with Gasteiger partial charge in [0.25, 0.3) is 0 Å². The molecule has 6 nitrogen and oxygen atoms in total. The van der Waals surface area contributed by atoms with E-state index < -0.39 is 16.4 Å². The monoisotopic (exact) mass is 311 g/mol. The van der Waals surface area contributed by atoms with Crippen LogP contribution in [-0.2, 0) is 13.0 Å². The molecule has 0 spiro atoms. The normalized spacial score (nSPS) is 10.4. The lowest BCUT2D eigenvalue weighted by Crippen LogP contribution is -2.03.